The first kappa shape index (κ1) is 18.4. The third-order valence-electron chi connectivity index (χ3n) is 4.80. The minimum absolute atomic E-state index is 0.0150. The molecule has 1 aliphatic rings. The zero-order valence-corrected chi connectivity index (χ0v) is 14.6. The molecule has 0 spiro atoms. The molecule has 1 saturated heterocycles. The molecule has 0 aliphatic carbocycles. The highest BCUT2D eigenvalue weighted by molar-refractivity contribution is 7.90. The van der Waals surface area contributed by atoms with Crippen molar-refractivity contribution in [3.63, 3.8) is 0 Å². The Morgan fingerprint density at radius 1 is 1.00 bits per heavy atom. The van der Waals surface area contributed by atoms with E-state index in [-0.39, 0.29) is 10.7 Å². The monoisotopic (exact) mass is 383 g/mol. The number of rotatable bonds is 4. The van der Waals surface area contributed by atoms with Crippen molar-refractivity contribution in [2.24, 2.45) is 0 Å². The first-order valence-corrected chi connectivity index (χ1v) is 9.37. The van der Waals surface area contributed by atoms with E-state index in [0.29, 0.717) is 11.1 Å². The van der Waals surface area contributed by atoms with Crippen molar-refractivity contribution in [3.8, 4) is 0 Å². The fourth-order valence-corrected chi connectivity index (χ4v) is 4.73. The molecule has 0 radical (unpaired) electrons. The molecule has 2 atom stereocenters. The molecule has 4 nitrogen and oxygen atoms in total. The first-order chi connectivity index (χ1) is 12.2. The molecule has 0 aromatic heterocycles. The fourth-order valence-electron chi connectivity index (χ4n) is 3.55. The van der Waals surface area contributed by atoms with Crippen LogP contribution in [0.4, 0.5) is 13.2 Å². The van der Waals surface area contributed by atoms with Gasteiger partial charge in [-0.2, -0.15) is 21.6 Å². The molecule has 8 heteroatoms. The number of carbonyl (C=O) groups excluding carboxylic acids is 1. The lowest BCUT2D eigenvalue weighted by Gasteiger charge is -2.55. The number of β-lactam (4-membered cyclic amide) rings is 1. The summed E-state index contributed by atoms with van der Waals surface area (Å²) in [6, 6.07) is 15.0. The van der Waals surface area contributed by atoms with Gasteiger partial charge in [-0.05, 0) is 17.5 Å². The zero-order chi connectivity index (χ0) is 19.2. The van der Waals surface area contributed by atoms with Crippen LogP contribution in [0.2, 0.25) is 0 Å². The molecule has 1 fully saturated rings. The number of nitrogens with zero attached hydrogens (tertiary/aromatic N) is 1. The minimum Gasteiger partial charge on any atom is -0.273 e. The lowest BCUT2D eigenvalue weighted by molar-refractivity contribution is -0.153. The maximum absolute atomic E-state index is 13.1. The molecule has 0 bridgehead atoms. The largest absolute Gasteiger partial charge is 0.516 e. The van der Waals surface area contributed by atoms with Gasteiger partial charge in [0.15, 0.2) is 0 Å². The van der Waals surface area contributed by atoms with Crippen LogP contribution < -0.4 is 0 Å². The van der Waals surface area contributed by atoms with Crippen molar-refractivity contribution in [1.29, 1.82) is 0 Å². The molecular formula is C18H16F3NO3S. The van der Waals surface area contributed by atoms with Gasteiger partial charge in [0.05, 0.1) is 6.04 Å². The average molecular weight is 383 g/mol. The lowest BCUT2D eigenvalue weighted by Crippen LogP contribution is -2.69. The molecule has 1 aliphatic heterocycles. The maximum Gasteiger partial charge on any atom is 0.516 e. The predicted octanol–water partition coefficient (Wildman–Crippen LogP) is 3.77. The molecule has 0 unspecified atom stereocenters. The summed E-state index contributed by atoms with van der Waals surface area (Å²) >= 11 is 0. The molecule has 2 aromatic carbocycles. The first-order valence-electron chi connectivity index (χ1n) is 7.93. The molecular weight excluding hydrogens is 367 g/mol. The summed E-state index contributed by atoms with van der Waals surface area (Å²) in [6.07, 6.45) is 0.166. The SMILES string of the molecule is CC[C@]1(c2ccccc2)C(=O)N(S(=O)(=O)C(F)(F)F)[C@@H]1c1ccccc1. The molecule has 1 heterocycles. The molecule has 138 valence electrons. The second-order valence-electron chi connectivity index (χ2n) is 6.06. The second kappa shape index (κ2) is 6.12. The van der Waals surface area contributed by atoms with Crippen molar-refractivity contribution in [3.05, 3.63) is 71.8 Å². The van der Waals surface area contributed by atoms with Gasteiger partial charge in [-0.3, -0.25) is 4.79 Å². The Morgan fingerprint density at radius 2 is 1.50 bits per heavy atom. The van der Waals surface area contributed by atoms with Gasteiger partial charge in [-0.1, -0.05) is 67.6 Å². The summed E-state index contributed by atoms with van der Waals surface area (Å²) in [5.41, 5.74) is -6.08. The van der Waals surface area contributed by atoms with Crippen LogP contribution >= 0.6 is 0 Å². The Hall–Kier alpha value is -2.35. The van der Waals surface area contributed by atoms with Gasteiger partial charge < -0.3 is 0 Å². The van der Waals surface area contributed by atoms with Gasteiger partial charge in [0.2, 0.25) is 5.91 Å². The van der Waals surface area contributed by atoms with Crippen molar-refractivity contribution in [1.82, 2.24) is 4.31 Å². The van der Waals surface area contributed by atoms with E-state index in [2.05, 4.69) is 0 Å². The van der Waals surface area contributed by atoms with Gasteiger partial charge >= 0.3 is 15.5 Å². The van der Waals surface area contributed by atoms with Crippen LogP contribution in [0.5, 0.6) is 0 Å². The maximum atomic E-state index is 13.1. The van der Waals surface area contributed by atoms with Crippen molar-refractivity contribution >= 4 is 15.9 Å². The van der Waals surface area contributed by atoms with Crippen LogP contribution in [0.15, 0.2) is 60.7 Å². The smallest absolute Gasteiger partial charge is 0.273 e. The highest BCUT2D eigenvalue weighted by Crippen LogP contribution is 2.56. The normalized spacial score (nSPS) is 23.6. The summed E-state index contributed by atoms with van der Waals surface area (Å²) < 4.78 is 63.5. The summed E-state index contributed by atoms with van der Waals surface area (Å²) in [5.74, 6) is -1.06. The number of halogens is 3. The van der Waals surface area contributed by atoms with E-state index in [1.54, 1.807) is 55.5 Å². The summed E-state index contributed by atoms with van der Waals surface area (Å²) in [6.45, 7) is 1.67. The summed E-state index contributed by atoms with van der Waals surface area (Å²) in [7, 11) is -5.79. The topological polar surface area (TPSA) is 54.5 Å². The highest BCUT2D eigenvalue weighted by atomic mass is 32.2. The van der Waals surface area contributed by atoms with Crippen molar-refractivity contribution < 1.29 is 26.4 Å². The van der Waals surface area contributed by atoms with Gasteiger partial charge in [-0.25, -0.2) is 4.31 Å². The Balaban J connectivity index is 2.23. The number of amides is 1. The molecule has 0 N–H and O–H groups in total. The second-order valence-corrected chi connectivity index (χ2v) is 7.86. The van der Waals surface area contributed by atoms with Crippen molar-refractivity contribution in [2.45, 2.75) is 30.3 Å². The molecule has 3 rings (SSSR count). The van der Waals surface area contributed by atoms with Crippen LogP contribution in [-0.2, 0) is 20.2 Å². The van der Waals surface area contributed by atoms with Crippen LogP contribution in [0.3, 0.4) is 0 Å². The van der Waals surface area contributed by atoms with Crippen molar-refractivity contribution in [2.75, 3.05) is 0 Å². The predicted molar refractivity (Wildman–Crippen MR) is 89.4 cm³/mol. The number of hydrogen-bond acceptors (Lipinski definition) is 3. The number of sulfonamides is 1. The minimum atomic E-state index is -5.79. The van der Waals surface area contributed by atoms with Crippen LogP contribution in [-0.4, -0.2) is 24.1 Å². The van der Waals surface area contributed by atoms with E-state index in [1.165, 1.54) is 12.1 Å². The Morgan fingerprint density at radius 3 is 1.96 bits per heavy atom. The number of alkyl halides is 3. The van der Waals surface area contributed by atoms with E-state index >= 15 is 0 Å². The van der Waals surface area contributed by atoms with Gasteiger partial charge in [0, 0.05) is 0 Å². The lowest BCUT2D eigenvalue weighted by atomic mass is 9.63. The van der Waals surface area contributed by atoms with E-state index in [9.17, 15) is 26.4 Å². The average Bonchev–Trinajstić information content (AvgIpc) is 2.61. The fraction of sp³-hybridized carbons (Fsp3) is 0.278. The van der Waals surface area contributed by atoms with Crippen LogP contribution in [0.1, 0.15) is 30.5 Å². The van der Waals surface area contributed by atoms with Crippen LogP contribution in [0.25, 0.3) is 0 Å². The number of carbonyl (C=O) groups is 1. The molecule has 1 amide bonds. The van der Waals surface area contributed by atoms with Gasteiger partial charge in [0.1, 0.15) is 5.41 Å². The highest BCUT2D eigenvalue weighted by Gasteiger charge is 2.69. The Labute approximate surface area is 149 Å². The molecule has 0 saturated carbocycles. The molecule has 26 heavy (non-hydrogen) atoms. The third kappa shape index (κ3) is 2.43. The van der Waals surface area contributed by atoms with E-state index in [0.717, 1.165) is 0 Å². The van der Waals surface area contributed by atoms with Gasteiger partial charge in [0.25, 0.3) is 0 Å². The third-order valence-corrected chi connectivity index (χ3v) is 6.28. The van der Waals surface area contributed by atoms with Crippen LogP contribution in [0, 0.1) is 0 Å². The Kier molecular flexibility index (Phi) is 4.34. The van der Waals surface area contributed by atoms with E-state index in [4.69, 9.17) is 0 Å². The number of benzene rings is 2. The Bertz CT molecular complexity index is 914. The summed E-state index contributed by atoms with van der Waals surface area (Å²) in [5, 5.41) is 0. The van der Waals surface area contributed by atoms with E-state index in [1.807, 2.05) is 0 Å². The standard InChI is InChI=1S/C18H16F3NO3S/c1-2-17(14-11-7-4-8-12-14)15(13-9-5-3-6-10-13)22(16(17)23)26(24,25)18(19,20)21/h3-12,15H,2H2,1H3/t15-,17-/m1/s1. The number of hydrogen-bond donors (Lipinski definition) is 0. The van der Waals surface area contributed by atoms with Gasteiger partial charge in [-0.15, -0.1) is 0 Å². The quantitative estimate of drug-likeness (QED) is 0.756. The van der Waals surface area contributed by atoms with E-state index < -0.39 is 32.9 Å². The molecule has 2 aromatic rings. The summed E-state index contributed by atoms with van der Waals surface area (Å²) in [4.78, 5) is 12.8. The zero-order valence-electron chi connectivity index (χ0n) is 13.8.